The van der Waals surface area contributed by atoms with E-state index in [1.807, 2.05) is 0 Å². The van der Waals surface area contributed by atoms with Crippen molar-refractivity contribution in [2.24, 2.45) is 0 Å². The van der Waals surface area contributed by atoms with Crippen molar-refractivity contribution in [1.82, 2.24) is 4.90 Å². The van der Waals surface area contributed by atoms with E-state index in [2.05, 4.69) is 5.32 Å². The molecule has 3 rings (SSSR count). The molecule has 0 radical (unpaired) electrons. The zero-order valence-corrected chi connectivity index (χ0v) is 17.1. The molecule has 7 nitrogen and oxygen atoms in total. The molecule has 0 aromatic heterocycles. The summed E-state index contributed by atoms with van der Waals surface area (Å²) in [7, 11) is 0. The molecule has 2 fully saturated rings. The summed E-state index contributed by atoms with van der Waals surface area (Å²) in [5, 5.41) is 2.14. The first kappa shape index (κ1) is 20.8. The third-order valence-corrected chi connectivity index (χ3v) is 6.07. The van der Waals surface area contributed by atoms with E-state index in [0.717, 1.165) is 12.8 Å². The molecule has 1 aromatic rings. The van der Waals surface area contributed by atoms with Crippen LogP contribution in [0.5, 0.6) is 0 Å². The molecule has 0 bridgehead atoms. The molecule has 9 heteroatoms. The van der Waals surface area contributed by atoms with E-state index in [9.17, 15) is 14.4 Å². The number of rotatable bonds is 7. The molecule has 0 unspecified atom stereocenters. The van der Waals surface area contributed by atoms with Crippen molar-refractivity contribution in [3.63, 3.8) is 0 Å². The molecule has 2 heterocycles. The quantitative estimate of drug-likeness (QED) is 0.534. The highest BCUT2D eigenvalue weighted by Gasteiger charge is 2.39. The summed E-state index contributed by atoms with van der Waals surface area (Å²) in [4.78, 5) is 38.7. The number of amides is 2. The van der Waals surface area contributed by atoms with Gasteiger partial charge in [-0.05, 0) is 31.9 Å². The van der Waals surface area contributed by atoms with E-state index in [1.54, 1.807) is 36.1 Å². The van der Waals surface area contributed by atoms with Crippen molar-refractivity contribution < 1.29 is 23.9 Å². The topological polar surface area (TPSA) is 84.9 Å². The molecular weight excluding hydrogens is 400 g/mol. The van der Waals surface area contributed by atoms with Crippen LogP contribution in [0.25, 0.3) is 0 Å². The van der Waals surface area contributed by atoms with Crippen LogP contribution in [0.3, 0.4) is 0 Å². The smallest absolute Gasteiger partial charge is 0.340 e. The van der Waals surface area contributed by atoms with Gasteiger partial charge in [-0.3, -0.25) is 14.5 Å². The average Bonchev–Trinajstić information content (AvgIpc) is 3.27. The van der Waals surface area contributed by atoms with E-state index in [-0.39, 0.29) is 36.5 Å². The summed E-state index contributed by atoms with van der Waals surface area (Å²) >= 11 is 6.54. The normalized spacial score (nSPS) is 21.8. The van der Waals surface area contributed by atoms with E-state index in [0.29, 0.717) is 23.2 Å². The Morgan fingerprint density at radius 3 is 2.89 bits per heavy atom. The van der Waals surface area contributed by atoms with Crippen LogP contribution in [-0.2, 0) is 19.1 Å². The van der Waals surface area contributed by atoms with Gasteiger partial charge in [0.2, 0.25) is 11.8 Å². The molecule has 1 N–H and O–H groups in total. The predicted molar refractivity (Wildman–Crippen MR) is 110 cm³/mol. The zero-order chi connectivity index (χ0) is 20.1. The van der Waals surface area contributed by atoms with Gasteiger partial charge in [0.25, 0.3) is 0 Å². The van der Waals surface area contributed by atoms with Gasteiger partial charge in [0.05, 0.1) is 35.8 Å². The molecule has 0 aliphatic carbocycles. The first-order chi connectivity index (χ1) is 13.5. The van der Waals surface area contributed by atoms with Gasteiger partial charge in [0, 0.05) is 13.0 Å². The lowest BCUT2D eigenvalue weighted by Crippen LogP contribution is -2.38. The Bertz CT molecular complexity index is 779. The molecule has 0 spiro atoms. The van der Waals surface area contributed by atoms with Crippen LogP contribution < -0.4 is 5.32 Å². The van der Waals surface area contributed by atoms with Crippen molar-refractivity contribution in [3.8, 4) is 0 Å². The molecule has 2 amide bonds. The van der Waals surface area contributed by atoms with Crippen molar-refractivity contribution in [3.05, 3.63) is 29.8 Å². The molecule has 2 aliphatic rings. The van der Waals surface area contributed by atoms with Gasteiger partial charge in [0.1, 0.15) is 4.32 Å². The Balaban J connectivity index is 1.60. The Morgan fingerprint density at radius 1 is 1.39 bits per heavy atom. The van der Waals surface area contributed by atoms with Crippen LogP contribution in [0.2, 0.25) is 0 Å². The Hall–Kier alpha value is -1.97. The third kappa shape index (κ3) is 4.89. The van der Waals surface area contributed by atoms with E-state index >= 15 is 0 Å². The number of ether oxygens (including phenoxy) is 2. The number of thioether (sulfide) groups is 1. The van der Waals surface area contributed by atoms with Gasteiger partial charge in [-0.2, -0.15) is 0 Å². The van der Waals surface area contributed by atoms with Crippen LogP contribution in [0, 0.1) is 0 Å². The maximum atomic E-state index is 12.7. The van der Waals surface area contributed by atoms with Crippen LogP contribution in [0.1, 0.15) is 36.5 Å². The first-order valence-corrected chi connectivity index (χ1v) is 10.5. The summed E-state index contributed by atoms with van der Waals surface area (Å²) < 4.78 is 11.1. The molecule has 1 aromatic carbocycles. The number of hydrogen-bond donors (Lipinski definition) is 1. The number of nitrogens with zero attached hydrogens (tertiary/aromatic N) is 1. The fourth-order valence-electron chi connectivity index (χ4n) is 3.13. The van der Waals surface area contributed by atoms with Crippen molar-refractivity contribution in [2.45, 2.75) is 37.5 Å². The standard InChI is InChI=1S/C19H22N2O5S2/c1-2-25-18(24)13-7-3-4-8-14(13)20-16(22)10-15-17(23)21(19(27)28-15)11-12-6-5-9-26-12/h3-4,7-8,12,15H,2,5-6,9-11H2,1H3,(H,20,22)/t12-,15+/m0/s1. The Morgan fingerprint density at radius 2 is 2.18 bits per heavy atom. The van der Waals surface area contributed by atoms with Crippen LogP contribution in [0.15, 0.2) is 24.3 Å². The molecule has 2 saturated heterocycles. The first-order valence-electron chi connectivity index (χ1n) is 9.19. The molecule has 150 valence electrons. The third-order valence-electron chi connectivity index (χ3n) is 4.48. The van der Waals surface area contributed by atoms with Crippen LogP contribution in [0.4, 0.5) is 5.69 Å². The van der Waals surface area contributed by atoms with Gasteiger partial charge >= 0.3 is 5.97 Å². The number of hydrogen-bond acceptors (Lipinski definition) is 7. The highest BCUT2D eigenvalue weighted by Crippen LogP contribution is 2.31. The Kier molecular flexibility index (Phi) is 7.03. The van der Waals surface area contributed by atoms with Crippen LogP contribution >= 0.6 is 24.0 Å². The molecule has 2 aliphatic heterocycles. The summed E-state index contributed by atoms with van der Waals surface area (Å²) in [6.07, 6.45) is 1.88. The largest absolute Gasteiger partial charge is 0.462 e. The monoisotopic (exact) mass is 422 g/mol. The lowest BCUT2D eigenvalue weighted by Gasteiger charge is -2.19. The number of carbonyl (C=O) groups excluding carboxylic acids is 3. The maximum Gasteiger partial charge on any atom is 0.340 e. The van der Waals surface area contributed by atoms with Crippen molar-refractivity contribution in [1.29, 1.82) is 0 Å². The van der Waals surface area contributed by atoms with Crippen LogP contribution in [-0.4, -0.2) is 58.1 Å². The number of anilines is 1. The minimum Gasteiger partial charge on any atom is -0.462 e. The van der Waals surface area contributed by atoms with E-state index in [1.165, 1.54) is 11.8 Å². The second-order valence-electron chi connectivity index (χ2n) is 6.47. The zero-order valence-electron chi connectivity index (χ0n) is 15.5. The number of carbonyl (C=O) groups is 3. The van der Waals surface area contributed by atoms with Crippen molar-refractivity contribution >= 4 is 51.8 Å². The number of para-hydroxylation sites is 1. The Labute approximate surface area is 173 Å². The van der Waals surface area contributed by atoms with E-state index in [4.69, 9.17) is 21.7 Å². The summed E-state index contributed by atoms with van der Waals surface area (Å²) in [6, 6.07) is 6.62. The molecule has 28 heavy (non-hydrogen) atoms. The summed E-state index contributed by atoms with van der Waals surface area (Å²) in [6.45, 7) is 3.10. The second-order valence-corrected chi connectivity index (χ2v) is 8.31. The highest BCUT2D eigenvalue weighted by atomic mass is 32.2. The SMILES string of the molecule is CCOC(=O)c1ccccc1NC(=O)C[C@H]1SC(=S)N(C[C@@H]2CCCO2)C1=O. The van der Waals surface area contributed by atoms with Gasteiger partial charge in [-0.15, -0.1) is 0 Å². The molecule has 2 atom stereocenters. The number of thiocarbonyl (C=S) groups is 1. The second kappa shape index (κ2) is 9.49. The van der Waals surface area contributed by atoms with Gasteiger partial charge in [0.15, 0.2) is 0 Å². The lowest BCUT2D eigenvalue weighted by molar-refractivity contribution is -0.129. The van der Waals surface area contributed by atoms with E-state index < -0.39 is 11.2 Å². The lowest BCUT2D eigenvalue weighted by atomic mass is 10.1. The molecule has 0 saturated carbocycles. The predicted octanol–water partition coefficient (Wildman–Crippen LogP) is 2.60. The average molecular weight is 423 g/mol. The summed E-state index contributed by atoms with van der Waals surface area (Å²) in [5.74, 6) is -1.03. The fraction of sp³-hybridized carbons (Fsp3) is 0.474. The van der Waals surface area contributed by atoms with Gasteiger partial charge in [-0.25, -0.2) is 4.79 Å². The van der Waals surface area contributed by atoms with Gasteiger partial charge < -0.3 is 14.8 Å². The minimum absolute atomic E-state index is 0.00605. The number of nitrogens with one attached hydrogen (secondary N) is 1. The molecular formula is C19H22N2O5S2. The maximum absolute atomic E-state index is 12.7. The number of benzene rings is 1. The fourth-order valence-corrected chi connectivity index (χ4v) is 4.64. The highest BCUT2D eigenvalue weighted by molar-refractivity contribution is 8.24. The summed E-state index contributed by atoms with van der Waals surface area (Å²) in [5.41, 5.74) is 0.638. The minimum atomic E-state index is -0.566. The number of esters is 1. The van der Waals surface area contributed by atoms with Gasteiger partial charge in [-0.1, -0.05) is 36.1 Å². The van der Waals surface area contributed by atoms with Crippen molar-refractivity contribution in [2.75, 3.05) is 25.1 Å².